The van der Waals surface area contributed by atoms with Crippen molar-refractivity contribution < 1.29 is 4.79 Å². The maximum atomic E-state index is 11.9. The largest absolute Gasteiger partial charge is 0.351 e. The van der Waals surface area contributed by atoms with Gasteiger partial charge in [0, 0.05) is 23.5 Å². The number of carbonyl (C=O) groups is 1. The standard InChI is InChI=1S/C14H17N3OS/c1-10(15)7-8-16-13(18)12-9-19-14(17-12)11-5-3-2-4-6-11/h2-6,9-10H,7-8,15H2,1H3,(H,16,18). The van der Waals surface area contributed by atoms with Crippen molar-refractivity contribution in [3.63, 3.8) is 0 Å². The van der Waals surface area contributed by atoms with Crippen LogP contribution in [0, 0.1) is 0 Å². The summed E-state index contributed by atoms with van der Waals surface area (Å²) in [5.74, 6) is -0.140. The van der Waals surface area contributed by atoms with Gasteiger partial charge in [0.05, 0.1) is 0 Å². The Bertz CT molecular complexity index is 537. The molecule has 5 heteroatoms. The molecule has 3 N–H and O–H groups in total. The van der Waals surface area contributed by atoms with Crippen molar-refractivity contribution in [3.8, 4) is 10.6 Å². The highest BCUT2D eigenvalue weighted by Gasteiger charge is 2.11. The zero-order chi connectivity index (χ0) is 13.7. The van der Waals surface area contributed by atoms with E-state index in [0.29, 0.717) is 12.2 Å². The van der Waals surface area contributed by atoms with Gasteiger partial charge in [-0.3, -0.25) is 4.79 Å². The van der Waals surface area contributed by atoms with E-state index in [4.69, 9.17) is 5.73 Å². The zero-order valence-electron chi connectivity index (χ0n) is 10.8. The van der Waals surface area contributed by atoms with Crippen LogP contribution in [0.2, 0.25) is 0 Å². The second-order valence-corrected chi connectivity index (χ2v) is 5.28. The van der Waals surface area contributed by atoms with Gasteiger partial charge in [0.2, 0.25) is 0 Å². The van der Waals surface area contributed by atoms with Crippen LogP contribution < -0.4 is 11.1 Å². The first-order valence-corrected chi connectivity index (χ1v) is 7.09. The number of amides is 1. The molecule has 0 saturated heterocycles. The summed E-state index contributed by atoms with van der Waals surface area (Å²) in [4.78, 5) is 16.2. The molecule has 0 saturated carbocycles. The van der Waals surface area contributed by atoms with Crippen molar-refractivity contribution in [1.82, 2.24) is 10.3 Å². The molecule has 1 unspecified atom stereocenters. The van der Waals surface area contributed by atoms with Gasteiger partial charge in [-0.1, -0.05) is 30.3 Å². The highest BCUT2D eigenvalue weighted by atomic mass is 32.1. The third kappa shape index (κ3) is 3.87. The first-order valence-electron chi connectivity index (χ1n) is 6.21. The van der Waals surface area contributed by atoms with E-state index in [-0.39, 0.29) is 11.9 Å². The fraction of sp³-hybridized carbons (Fsp3) is 0.286. The average molecular weight is 275 g/mol. The maximum absolute atomic E-state index is 11.9. The van der Waals surface area contributed by atoms with Crippen LogP contribution in [0.1, 0.15) is 23.8 Å². The predicted octanol–water partition coefficient (Wildman–Crippen LogP) is 2.28. The van der Waals surface area contributed by atoms with Crippen LogP contribution in [-0.4, -0.2) is 23.5 Å². The number of benzene rings is 1. The number of nitrogens with one attached hydrogen (secondary N) is 1. The van der Waals surface area contributed by atoms with E-state index in [9.17, 15) is 4.79 Å². The first-order chi connectivity index (χ1) is 9.16. The topological polar surface area (TPSA) is 68.0 Å². The minimum absolute atomic E-state index is 0.0932. The van der Waals surface area contributed by atoms with Crippen molar-refractivity contribution >= 4 is 17.2 Å². The molecule has 1 aromatic heterocycles. The van der Waals surface area contributed by atoms with Crippen LogP contribution in [-0.2, 0) is 0 Å². The molecule has 19 heavy (non-hydrogen) atoms. The Morgan fingerprint density at radius 2 is 2.16 bits per heavy atom. The Kier molecular flexibility index (Phi) is 4.65. The summed E-state index contributed by atoms with van der Waals surface area (Å²) >= 11 is 1.47. The molecule has 0 radical (unpaired) electrons. The van der Waals surface area contributed by atoms with Crippen LogP contribution in [0.4, 0.5) is 0 Å². The number of nitrogens with two attached hydrogens (primary N) is 1. The van der Waals surface area contributed by atoms with Crippen LogP contribution in [0.15, 0.2) is 35.7 Å². The monoisotopic (exact) mass is 275 g/mol. The van der Waals surface area contributed by atoms with Crippen LogP contribution in [0.3, 0.4) is 0 Å². The Labute approximate surface area is 116 Å². The molecule has 1 amide bonds. The number of rotatable bonds is 5. The Morgan fingerprint density at radius 3 is 2.84 bits per heavy atom. The molecule has 0 aliphatic rings. The molecular weight excluding hydrogens is 258 g/mol. The highest BCUT2D eigenvalue weighted by molar-refractivity contribution is 7.13. The Hall–Kier alpha value is -1.72. The molecule has 100 valence electrons. The Morgan fingerprint density at radius 1 is 1.42 bits per heavy atom. The van der Waals surface area contributed by atoms with Gasteiger partial charge in [-0.25, -0.2) is 4.98 Å². The number of thiazole rings is 1. The number of carbonyl (C=O) groups excluding carboxylic acids is 1. The van der Waals surface area contributed by atoms with Crippen molar-refractivity contribution in [3.05, 3.63) is 41.4 Å². The quantitative estimate of drug-likeness (QED) is 0.879. The smallest absolute Gasteiger partial charge is 0.270 e. The predicted molar refractivity (Wildman–Crippen MR) is 78.1 cm³/mol. The van der Waals surface area contributed by atoms with E-state index < -0.39 is 0 Å². The summed E-state index contributed by atoms with van der Waals surface area (Å²) in [7, 11) is 0. The normalized spacial score (nSPS) is 12.1. The third-order valence-corrected chi connectivity index (χ3v) is 3.53. The molecule has 4 nitrogen and oxygen atoms in total. The summed E-state index contributed by atoms with van der Waals surface area (Å²) in [6.45, 7) is 2.50. The second kappa shape index (κ2) is 6.45. The van der Waals surface area contributed by atoms with Gasteiger partial charge in [0.15, 0.2) is 0 Å². The lowest BCUT2D eigenvalue weighted by molar-refractivity contribution is 0.0948. The minimum atomic E-state index is -0.140. The molecule has 0 fully saturated rings. The fourth-order valence-electron chi connectivity index (χ4n) is 1.60. The van der Waals surface area contributed by atoms with E-state index in [1.807, 2.05) is 37.3 Å². The molecule has 0 aliphatic carbocycles. The van der Waals surface area contributed by atoms with Crippen molar-refractivity contribution in [1.29, 1.82) is 0 Å². The van der Waals surface area contributed by atoms with Crippen LogP contribution in [0.25, 0.3) is 10.6 Å². The summed E-state index contributed by atoms with van der Waals surface area (Å²) < 4.78 is 0. The summed E-state index contributed by atoms with van der Waals surface area (Å²) in [5, 5.41) is 5.46. The van der Waals surface area contributed by atoms with Gasteiger partial charge in [0.1, 0.15) is 10.7 Å². The van der Waals surface area contributed by atoms with Gasteiger partial charge in [-0.15, -0.1) is 11.3 Å². The van der Waals surface area contributed by atoms with Gasteiger partial charge >= 0.3 is 0 Å². The van der Waals surface area contributed by atoms with Gasteiger partial charge in [-0.05, 0) is 13.3 Å². The number of hydrogen-bond donors (Lipinski definition) is 2. The van der Waals surface area contributed by atoms with Gasteiger partial charge < -0.3 is 11.1 Å². The van der Waals surface area contributed by atoms with Gasteiger partial charge in [-0.2, -0.15) is 0 Å². The molecular formula is C14H17N3OS. The van der Waals surface area contributed by atoms with E-state index in [2.05, 4.69) is 10.3 Å². The van der Waals surface area contributed by atoms with Crippen LogP contribution in [0.5, 0.6) is 0 Å². The van der Waals surface area contributed by atoms with E-state index in [1.165, 1.54) is 11.3 Å². The highest BCUT2D eigenvalue weighted by Crippen LogP contribution is 2.23. The van der Waals surface area contributed by atoms with E-state index >= 15 is 0 Å². The fourth-order valence-corrected chi connectivity index (χ4v) is 2.40. The number of aromatic nitrogens is 1. The Balaban J connectivity index is 1.99. The maximum Gasteiger partial charge on any atom is 0.270 e. The molecule has 1 heterocycles. The number of nitrogens with zero attached hydrogens (tertiary/aromatic N) is 1. The lowest BCUT2D eigenvalue weighted by atomic mass is 10.2. The summed E-state index contributed by atoms with van der Waals surface area (Å²) in [6.07, 6.45) is 0.765. The van der Waals surface area contributed by atoms with Crippen molar-refractivity contribution in [2.75, 3.05) is 6.54 Å². The minimum Gasteiger partial charge on any atom is -0.351 e. The summed E-state index contributed by atoms with van der Waals surface area (Å²) in [6, 6.07) is 9.93. The van der Waals surface area contributed by atoms with Crippen molar-refractivity contribution in [2.45, 2.75) is 19.4 Å². The third-order valence-electron chi connectivity index (χ3n) is 2.64. The molecule has 2 rings (SSSR count). The average Bonchev–Trinajstić information content (AvgIpc) is 2.89. The van der Waals surface area contributed by atoms with Crippen molar-refractivity contribution in [2.24, 2.45) is 5.73 Å². The molecule has 2 aromatic rings. The van der Waals surface area contributed by atoms with E-state index in [0.717, 1.165) is 17.0 Å². The molecule has 0 spiro atoms. The lowest BCUT2D eigenvalue weighted by Gasteiger charge is -2.05. The first kappa shape index (κ1) is 13.7. The van der Waals surface area contributed by atoms with Crippen LogP contribution >= 0.6 is 11.3 Å². The summed E-state index contributed by atoms with van der Waals surface area (Å²) in [5.41, 5.74) is 7.13. The molecule has 0 bridgehead atoms. The zero-order valence-corrected chi connectivity index (χ0v) is 11.6. The SMILES string of the molecule is CC(N)CCNC(=O)c1csc(-c2ccccc2)n1. The second-order valence-electron chi connectivity index (χ2n) is 4.43. The molecule has 1 atom stereocenters. The van der Waals surface area contributed by atoms with Gasteiger partial charge in [0.25, 0.3) is 5.91 Å². The molecule has 0 aliphatic heterocycles. The lowest BCUT2D eigenvalue weighted by Crippen LogP contribution is -2.29. The van der Waals surface area contributed by atoms with E-state index in [1.54, 1.807) is 5.38 Å². The number of hydrogen-bond acceptors (Lipinski definition) is 4. The molecule has 1 aromatic carbocycles.